The third-order valence-electron chi connectivity index (χ3n) is 5.62. The first kappa shape index (κ1) is 20.3. The van der Waals surface area contributed by atoms with E-state index in [1.807, 2.05) is 38.4 Å². The molecular weight excluding hydrogens is 405 g/mol. The first-order valence-electron chi connectivity index (χ1n) is 10.6. The minimum absolute atomic E-state index is 0.0367. The van der Waals surface area contributed by atoms with Gasteiger partial charge >= 0.3 is 0 Å². The van der Waals surface area contributed by atoms with Crippen molar-refractivity contribution in [1.29, 1.82) is 0 Å². The minimum Gasteiger partial charge on any atom is -0.494 e. The van der Waals surface area contributed by atoms with Gasteiger partial charge in [-0.3, -0.25) is 0 Å². The highest BCUT2D eigenvalue weighted by molar-refractivity contribution is 6.22. The molecule has 2 heterocycles. The van der Waals surface area contributed by atoms with Gasteiger partial charge in [0.25, 0.3) is 0 Å². The quantitative estimate of drug-likeness (QED) is 0.430. The van der Waals surface area contributed by atoms with Crippen molar-refractivity contribution in [3.8, 4) is 11.6 Å². The Bertz CT molecular complexity index is 1320. The molecule has 0 fully saturated rings. The Morgan fingerprint density at radius 3 is 2.69 bits per heavy atom. The number of fused-ring (bicyclic) bond motifs is 2. The largest absolute Gasteiger partial charge is 0.494 e. The smallest absolute Gasteiger partial charge is 0.199 e. The molecule has 0 saturated carbocycles. The van der Waals surface area contributed by atoms with Crippen LogP contribution in [0.5, 0.6) is 11.6 Å². The number of ether oxygens (including phenoxy) is 1. The molecule has 0 unspecified atom stereocenters. The number of aromatic hydroxyl groups is 1. The molecule has 32 heavy (non-hydrogen) atoms. The first-order valence-corrected chi connectivity index (χ1v) is 10.6. The number of aliphatic imine (C=N–C) groups is 1. The molecule has 0 atom stereocenters. The number of hydrogen-bond donors (Lipinski definition) is 2. The van der Waals surface area contributed by atoms with Crippen molar-refractivity contribution < 1.29 is 14.2 Å². The van der Waals surface area contributed by atoms with Gasteiger partial charge < -0.3 is 19.7 Å². The maximum absolute atomic E-state index is 13.8. The van der Waals surface area contributed by atoms with Gasteiger partial charge in [0.2, 0.25) is 0 Å². The van der Waals surface area contributed by atoms with E-state index >= 15 is 0 Å². The van der Waals surface area contributed by atoms with Crippen LogP contribution in [0.15, 0.2) is 65.7 Å². The Hall–Kier alpha value is -3.64. The second-order valence-corrected chi connectivity index (χ2v) is 8.32. The van der Waals surface area contributed by atoms with Gasteiger partial charge in [0.15, 0.2) is 5.88 Å². The number of aromatic amines is 1. The lowest BCUT2D eigenvalue weighted by Gasteiger charge is -2.11. The Morgan fingerprint density at radius 1 is 1.09 bits per heavy atom. The topological polar surface area (TPSA) is 60.9 Å². The van der Waals surface area contributed by atoms with E-state index in [1.165, 1.54) is 17.7 Å². The van der Waals surface area contributed by atoms with Crippen molar-refractivity contribution in [3.05, 3.63) is 88.7 Å². The Balaban J connectivity index is 1.67. The molecule has 0 aliphatic carbocycles. The summed E-state index contributed by atoms with van der Waals surface area (Å²) in [6.07, 6.45) is 0.834. The van der Waals surface area contributed by atoms with Crippen LogP contribution >= 0.6 is 0 Å². The van der Waals surface area contributed by atoms with Gasteiger partial charge in [0.05, 0.1) is 29.1 Å². The van der Waals surface area contributed by atoms with Gasteiger partial charge in [-0.25, -0.2) is 9.38 Å². The van der Waals surface area contributed by atoms with Gasteiger partial charge in [0, 0.05) is 23.9 Å². The number of hydrogen-bond acceptors (Lipinski definition) is 4. The molecule has 0 radical (unpaired) electrons. The van der Waals surface area contributed by atoms with Gasteiger partial charge in [-0.2, -0.15) is 0 Å². The fourth-order valence-electron chi connectivity index (χ4n) is 4.16. The van der Waals surface area contributed by atoms with Crippen molar-refractivity contribution in [1.82, 2.24) is 9.88 Å². The molecule has 5 nitrogen and oxygen atoms in total. The molecule has 0 amide bonds. The first-order chi connectivity index (χ1) is 15.5. The number of halogens is 1. The van der Waals surface area contributed by atoms with Gasteiger partial charge in [-0.1, -0.05) is 12.1 Å². The summed E-state index contributed by atoms with van der Waals surface area (Å²) in [5.74, 6) is 0.478. The molecule has 2 N–H and O–H groups in total. The van der Waals surface area contributed by atoms with Crippen LogP contribution in [0.2, 0.25) is 0 Å². The third kappa shape index (κ3) is 3.85. The van der Waals surface area contributed by atoms with Crippen LogP contribution in [0.25, 0.3) is 10.9 Å². The lowest BCUT2D eigenvalue weighted by atomic mass is 9.98. The second-order valence-electron chi connectivity index (χ2n) is 8.32. The molecule has 0 saturated heterocycles. The maximum atomic E-state index is 13.8. The summed E-state index contributed by atoms with van der Waals surface area (Å²) < 4.78 is 19.4. The number of H-pyrrole nitrogens is 1. The predicted octanol–water partition coefficient (Wildman–Crippen LogP) is 5.18. The van der Waals surface area contributed by atoms with E-state index in [0.29, 0.717) is 28.8 Å². The molecule has 0 spiro atoms. The summed E-state index contributed by atoms with van der Waals surface area (Å²) in [7, 11) is 4.06. The Kier molecular flexibility index (Phi) is 5.15. The molecule has 4 aromatic rings. The number of benzene rings is 3. The monoisotopic (exact) mass is 429 g/mol. The zero-order valence-electron chi connectivity index (χ0n) is 18.0. The summed E-state index contributed by atoms with van der Waals surface area (Å²) in [5, 5.41) is 11.5. The van der Waals surface area contributed by atoms with Crippen LogP contribution in [0, 0.1) is 5.82 Å². The van der Waals surface area contributed by atoms with E-state index < -0.39 is 0 Å². The molecule has 1 aliphatic heterocycles. The van der Waals surface area contributed by atoms with Crippen LogP contribution in [-0.4, -0.2) is 41.4 Å². The number of nitrogens with one attached hydrogen (secondary N) is 1. The average Bonchev–Trinajstić information content (AvgIpc) is 3.35. The fourth-order valence-corrected chi connectivity index (χ4v) is 4.16. The zero-order chi connectivity index (χ0) is 22.2. The fraction of sp³-hybridized carbons (Fsp3) is 0.192. The number of aromatic nitrogens is 1. The van der Waals surface area contributed by atoms with Gasteiger partial charge in [-0.05, 0) is 73.8 Å². The molecule has 162 valence electrons. The minimum atomic E-state index is -0.366. The van der Waals surface area contributed by atoms with E-state index in [1.54, 1.807) is 6.07 Å². The number of rotatable bonds is 5. The van der Waals surface area contributed by atoms with E-state index in [2.05, 4.69) is 28.1 Å². The highest BCUT2D eigenvalue weighted by atomic mass is 19.1. The summed E-state index contributed by atoms with van der Waals surface area (Å²) in [6.45, 7) is 1.51. The van der Waals surface area contributed by atoms with Crippen LogP contribution in [0.1, 0.15) is 22.3 Å². The normalized spacial score (nSPS) is 13.6. The lowest BCUT2D eigenvalue weighted by Crippen LogP contribution is -2.10. The highest BCUT2D eigenvalue weighted by Gasteiger charge is 2.21. The SMILES string of the molecule is CN(C)Cc1ccc(N=C(c2ccc3c(c2)CCO3)c2c(O)[nH]c3cc(F)ccc23)cc1. The standard InChI is InChI=1S/C26H24FN3O2/c1-30(2)15-16-3-7-20(8-4-16)28-25(18-5-10-23-17(13-18)11-12-32-23)24-21-9-6-19(27)14-22(21)29-26(24)31/h3-10,13-14,29,31H,11-12,15H2,1-2H3. The van der Waals surface area contributed by atoms with E-state index in [9.17, 15) is 9.50 Å². The molecule has 3 aromatic carbocycles. The predicted molar refractivity (Wildman–Crippen MR) is 125 cm³/mol. The third-order valence-corrected chi connectivity index (χ3v) is 5.62. The van der Waals surface area contributed by atoms with Crippen molar-refractivity contribution in [3.63, 3.8) is 0 Å². The Labute approximate surface area is 185 Å². The van der Waals surface area contributed by atoms with Gasteiger partial charge in [-0.15, -0.1) is 0 Å². The van der Waals surface area contributed by atoms with Crippen LogP contribution in [0.4, 0.5) is 10.1 Å². The molecule has 0 bridgehead atoms. The van der Waals surface area contributed by atoms with Crippen LogP contribution < -0.4 is 4.74 Å². The van der Waals surface area contributed by atoms with Crippen molar-refractivity contribution in [2.24, 2.45) is 4.99 Å². The molecular formula is C26H24FN3O2. The maximum Gasteiger partial charge on any atom is 0.199 e. The summed E-state index contributed by atoms with van der Waals surface area (Å²) in [5.41, 5.74) is 5.64. The second kappa shape index (κ2) is 8.13. The van der Waals surface area contributed by atoms with Crippen molar-refractivity contribution in [2.75, 3.05) is 20.7 Å². The lowest BCUT2D eigenvalue weighted by molar-refractivity contribution is 0.357. The van der Waals surface area contributed by atoms with E-state index in [0.717, 1.165) is 35.5 Å². The summed E-state index contributed by atoms with van der Waals surface area (Å²) in [6, 6.07) is 18.4. The molecule has 1 aliphatic rings. The van der Waals surface area contributed by atoms with E-state index in [-0.39, 0.29) is 11.7 Å². The average molecular weight is 429 g/mol. The summed E-state index contributed by atoms with van der Waals surface area (Å²) in [4.78, 5) is 9.94. The summed E-state index contributed by atoms with van der Waals surface area (Å²) >= 11 is 0. The molecule has 5 rings (SSSR count). The molecule has 6 heteroatoms. The number of nitrogens with zero attached hydrogens (tertiary/aromatic N) is 2. The van der Waals surface area contributed by atoms with Crippen molar-refractivity contribution >= 4 is 22.3 Å². The highest BCUT2D eigenvalue weighted by Crippen LogP contribution is 2.34. The van der Waals surface area contributed by atoms with Crippen molar-refractivity contribution in [2.45, 2.75) is 13.0 Å². The molecule has 1 aromatic heterocycles. The van der Waals surface area contributed by atoms with E-state index in [4.69, 9.17) is 9.73 Å². The van der Waals surface area contributed by atoms with Crippen LogP contribution in [-0.2, 0) is 13.0 Å². The zero-order valence-corrected chi connectivity index (χ0v) is 18.0. The van der Waals surface area contributed by atoms with Gasteiger partial charge in [0.1, 0.15) is 11.6 Å². The Morgan fingerprint density at radius 2 is 1.91 bits per heavy atom. The van der Waals surface area contributed by atoms with Crippen LogP contribution in [0.3, 0.4) is 0 Å².